The van der Waals surface area contributed by atoms with Gasteiger partial charge in [-0.2, -0.15) is 5.26 Å². The van der Waals surface area contributed by atoms with Gasteiger partial charge in [0.1, 0.15) is 5.75 Å². The SMILES string of the molecule is CCCCCCCc1ccc(C(=O)Oc2ccc(CCc3ccc(C#N)cc3)nc2)cc1. The monoisotopic (exact) mass is 426 g/mol. The van der Waals surface area contributed by atoms with Crippen LogP contribution in [0, 0.1) is 11.3 Å². The lowest BCUT2D eigenvalue weighted by Crippen LogP contribution is -2.09. The maximum Gasteiger partial charge on any atom is 0.343 e. The molecule has 3 aromatic rings. The summed E-state index contributed by atoms with van der Waals surface area (Å²) in [5.41, 5.74) is 4.55. The highest BCUT2D eigenvalue weighted by Crippen LogP contribution is 2.15. The molecule has 1 aromatic heterocycles. The number of aryl methyl sites for hydroxylation is 3. The van der Waals surface area contributed by atoms with Gasteiger partial charge < -0.3 is 4.74 Å². The molecule has 0 fully saturated rings. The van der Waals surface area contributed by atoms with Crippen molar-refractivity contribution in [2.24, 2.45) is 0 Å². The van der Waals surface area contributed by atoms with Gasteiger partial charge in [-0.3, -0.25) is 4.98 Å². The van der Waals surface area contributed by atoms with E-state index in [-0.39, 0.29) is 5.97 Å². The predicted molar refractivity (Wildman–Crippen MR) is 127 cm³/mol. The first-order valence-corrected chi connectivity index (χ1v) is 11.4. The average molecular weight is 427 g/mol. The van der Waals surface area contributed by atoms with E-state index in [1.54, 1.807) is 12.3 Å². The van der Waals surface area contributed by atoms with Crippen LogP contribution in [0.1, 0.15) is 71.8 Å². The highest BCUT2D eigenvalue weighted by Gasteiger charge is 2.09. The number of rotatable bonds is 11. The molecule has 0 aliphatic rings. The summed E-state index contributed by atoms with van der Waals surface area (Å²) in [7, 11) is 0. The highest BCUT2D eigenvalue weighted by atomic mass is 16.5. The molecular formula is C28H30N2O2. The fraction of sp³-hybridized carbons (Fsp3) is 0.321. The maximum absolute atomic E-state index is 12.4. The zero-order valence-electron chi connectivity index (χ0n) is 18.7. The van der Waals surface area contributed by atoms with E-state index in [2.05, 4.69) is 18.0 Å². The second-order valence-electron chi connectivity index (χ2n) is 8.04. The number of nitriles is 1. The van der Waals surface area contributed by atoms with E-state index in [1.807, 2.05) is 54.6 Å². The van der Waals surface area contributed by atoms with E-state index in [4.69, 9.17) is 10.00 Å². The summed E-state index contributed by atoms with van der Waals surface area (Å²) in [6, 6.07) is 21.1. The molecule has 32 heavy (non-hydrogen) atoms. The quantitative estimate of drug-likeness (QED) is 0.260. The zero-order chi connectivity index (χ0) is 22.6. The smallest absolute Gasteiger partial charge is 0.343 e. The molecule has 164 valence electrons. The van der Waals surface area contributed by atoms with Crippen LogP contribution < -0.4 is 4.74 Å². The van der Waals surface area contributed by atoms with Crippen LogP contribution in [-0.4, -0.2) is 11.0 Å². The Hall–Kier alpha value is -3.45. The molecule has 0 N–H and O–H groups in total. The fourth-order valence-corrected chi connectivity index (χ4v) is 3.54. The van der Waals surface area contributed by atoms with Gasteiger partial charge in [0.2, 0.25) is 0 Å². The molecule has 0 saturated heterocycles. The first-order valence-electron chi connectivity index (χ1n) is 11.4. The number of pyridine rings is 1. The van der Waals surface area contributed by atoms with Gasteiger partial charge in [-0.25, -0.2) is 4.79 Å². The van der Waals surface area contributed by atoms with E-state index in [9.17, 15) is 4.79 Å². The Labute approximate surface area is 190 Å². The minimum atomic E-state index is -0.369. The molecule has 0 aliphatic carbocycles. The Bertz CT molecular complexity index is 1020. The van der Waals surface area contributed by atoms with Gasteiger partial charge in [-0.15, -0.1) is 0 Å². The largest absolute Gasteiger partial charge is 0.421 e. The van der Waals surface area contributed by atoms with Gasteiger partial charge in [-0.1, -0.05) is 56.9 Å². The molecule has 1 heterocycles. The molecule has 0 bridgehead atoms. The number of hydrogen-bond acceptors (Lipinski definition) is 4. The summed E-state index contributed by atoms with van der Waals surface area (Å²) in [6.45, 7) is 2.22. The Morgan fingerprint density at radius 1 is 0.844 bits per heavy atom. The number of hydrogen-bond donors (Lipinski definition) is 0. The van der Waals surface area contributed by atoms with Crippen molar-refractivity contribution in [3.63, 3.8) is 0 Å². The van der Waals surface area contributed by atoms with Crippen molar-refractivity contribution in [1.82, 2.24) is 4.98 Å². The number of ether oxygens (including phenoxy) is 1. The number of esters is 1. The second-order valence-corrected chi connectivity index (χ2v) is 8.04. The first kappa shape index (κ1) is 23.2. The van der Waals surface area contributed by atoms with Crippen molar-refractivity contribution in [2.45, 2.75) is 58.3 Å². The molecule has 0 saturated carbocycles. The number of benzene rings is 2. The molecule has 0 atom stereocenters. The maximum atomic E-state index is 12.4. The van der Waals surface area contributed by atoms with Gasteiger partial charge in [0.25, 0.3) is 0 Å². The van der Waals surface area contributed by atoms with Gasteiger partial charge in [0.05, 0.1) is 23.4 Å². The molecule has 0 aliphatic heterocycles. The highest BCUT2D eigenvalue weighted by molar-refractivity contribution is 5.91. The van der Waals surface area contributed by atoms with Crippen LogP contribution in [0.5, 0.6) is 5.75 Å². The summed E-state index contributed by atoms with van der Waals surface area (Å²) in [6.07, 6.45) is 10.6. The Morgan fingerprint density at radius 3 is 2.19 bits per heavy atom. The molecule has 2 aromatic carbocycles. The van der Waals surface area contributed by atoms with Gasteiger partial charge in [0, 0.05) is 5.69 Å². The summed E-state index contributed by atoms with van der Waals surface area (Å²) >= 11 is 0. The average Bonchev–Trinajstić information content (AvgIpc) is 2.84. The van der Waals surface area contributed by atoms with Gasteiger partial charge in [0.15, 0.2) is 0 Å². The van der Waals surface area contributed by atoms with Crippen molar-refractivity contribution in [2.75, 3.05) is 0 Å². The van der Waals surface area contributed by atoms with E-state index < -0.39 is 0 Å². The Balaban J connectivity index is 1.46. The second kappa shape index (κ2) is 12.4. The van der Waals surface area contributed by atoms with Crippen LogP contribution in [-0.2, 0) is 19.3 Å². The van der Waals surface area contributed by atoms with Crippen LogP contribution in [0.15, 0.2) is 66.9 Å². The van der Waals surface area contributed by atoms with E-state index >= 15 is 0 Å². The van der Waals surface area contributed by atoms with Crippen molar-refractivity contribution >= 4 is 5.97 Å². The lowest BCUT2D eigenvalue weighted by molar-refractivity contribution is 0.0734. The molecule has 0 unspecified atom stereocenters. The minimum Gasteiger partial charge on any atom is -0.421 e. The first-order chi connectivity index (χ1) is 15.7. The molecule has 4 nitrogen and oxygen atoms in total. The summed E-state index contributed by atoms with van der Waals surface area (Å²) in [5.74, 6) is 0.0729. The number of carbonyl (C=O) groups excluding carboxylic acids is 1. The Morgan fingerprint density at radius 2 is 1.53 bits per heavy atom. The van der Waals surface area contributed by atoms with Crippen LogP contribution >= 0.6 is 0 Å². The molecule has 0 amide bonds. The third kappa shape index (κ3) is 7.35. The van der Waals surface area contributed by atoms with Gasteiger partial charge >= 0.3 is 5.97 Å². The fourth-order valence-electron chi connectivity index (χ4n) is 3.54. The van der Waals surface area contributed by atoms with Crippen LogP contribution in [0.25, 0.3) is 0 Å². The summed E-state index contributed by atoms with van der Waals surface area (Å²) in [4.78, 5) is 16.8. The summed E-state index contributed by atoms with van der Waals surface area (Å²) < 4.78 is 5.48. The number of aromatic nitrogens is 1. The number of nitrogens with zero attached hydrogens (tertiary/aromatic N) is 2. The van der Waals surface area contributed by atoms with Crippen molar-refractivity contribution in [3.8, 4) is 11.8 Å². The normalized spacial score (nSPS) is 10.5. The van der Waals surface area contributed by atoms with E-state index in [0.29, 0.717) is 16.9 Å². The van der Waals surface area contributed by atoms with Gasteiger partial charge in [-0.05, 0) is 73.2 Å². The molecular weight excluding hydrogens is 396 g/mol. The van der Waals surface area contributed by atoms with Crippen molar-refractivity contribution in [3.05, 3.63) is 94.8 Å². The topological polar surface area (TPSA) is 63.0 Å². The number of carbonyl (C=O) groups is 1. The third-order valence-electron chi connectivity index (χ3n) is 5.52. The molecule has 4 heteroatoms. The third-order valence-corrected chi connectivity index (χ3v) is 5.52. The van der Waals surface area contributed by atoms with Crippen LogP contribution in [0.2, 0.25) is 0 Å². The predicted octanol–water partition coefficient (Wildman–Crippen LogP) is 6.47. The molecule has 0 spiro atoms. The summed E-state index contributed by atoms with van der Waals surface area (Å²) in [5, 5.41) is 8.87. The molecule has 0 radical (unpaired) electrons. The number of unbranched alkanes of at least 4 members (excludes halogenated alkanes) is 4. The van der Waals surface area contributed by atoms with Crippen LogP contribution in [0.4, 0.5) is 0 Å². The zero-order valence-corrected chi connectivity index (χ0v) is 18.7. The standard InChI is InChI=1S/C28H30N2O2/c1-2-3-4-5-6-7-22-12-15-25(16-13-22)28(31)32-27-19-18-26(30-21-27)17-14-23-8-10-24(20-29)11-9-23/h8-13,15-16,18-19,21H,2-7,14,17H2,1H3. The lowest BCUT2D eigenvalue weighted by Gasteiger charge is -2.07. The lowest BCUT2D eigenvalue weighted by atomic mass is 10.0. The van der Waals surface area contributed by atoms with Crippen molar-refractivity contribution in [1.29, 1.82) is 5.26 Å². The minimum absolute atomic E-state index is 0.369. The Kier molecular flexibility index (Phi) is 9.01. The van der Waals surface area contributed by atoms with E-state index in [1.165, 1.54) is 37.7 Å². The van der Waals surface area contributed by atoms with E-state index in [0.717, 1.165) is 30.5 Å². The molecule has 3 rings (SSSR count). The van der Waals surface area contributed by atoms with Crippen LogP contribution in [0.3, 0.4) is 0 Å². The van der Waals surface area contributed by atoms with Crippen molar-refractivity contribution < 1.29 is 9.53 Å².